The third-order valence-corrected chi connectivity index (χ3v) is 3.84. The minimum Gasteiger partial charge on any atom is -0.449 e. The summed E-state index contributed by atoms with van der Waals surface area (Å²) in [6.45, 7) is 7.02. The van der Waals surface area contributed by atoms with Crippen LogP contribution in [0, 0.1) is 11.8 Å². The number of ether oxygens (including phenoxy) is 1. The van der Waals surface area contributed by atoms with E-state index in [-0.39, 0.29) is 24.3 Å². The van der Waals surface area contributed by atoms with Gasteiger partial charge in [-0.15, -0.1) is 0 Å². The van der Waals surface area contributed by atoms with Crippen LogP contribution in [0.2, 0.25) is 0 Å². The second-order valence-corrected chi connectivity index (χ2v) is 6.24. The second kappa shape index (κ2) is 8.47. The number of likely N-dealkylation sites (tertiary alicyclic amines) is 1. The molecule has 1 heterocycles. The fourth-order valence-corrected chi connectivity index (χ4v) is 2.51. The maximum absolute atomic E-state index is 12.0. The molecule has 0 spiro atoms. The van der Waals surface area contributed by atoms with Crippen molar-refractivity contribution in [2.75, 3.05) is 13.2 Å². The number of rotatable bonds is 6. The van der Waals surface area contributed by atoms with Crippen molar-refractivity contribution in [1.29, 1.82) is 0 Å². The third-order valence-electron chi connectivity index (χ3n) is 3.84. The normalized spacial score (nSPS) is 24.8. The fraction of sp³-hybridized carbons (Fsp3) is 0.933. The lowest BCUT2D eigenvalue weighted by Crippen LogP contribution is -2.53. The lowest BCUT2D eigenvalue weighted by Gasteiger charge is -2.38. The van der Waals surface area contributed by atoms with Crippen LogP contribution in [-0.2, 0) is 4.74 Å². The van der Waals surface area contributed by atoms with Crippen LogP contribution in [0.1, 0.15) is 52.9 Å². The molecule has 0 aromatic carbocycles. The highest BCUT2D eigenvalue weighted by Crippen LogP contribution is 2.25. The molecular weight excluding hydrogens is 256 g/mol. The van der Waals surface area contributed by atoms with Crippen LogP contribution >= 0.6 is 0 Å². The molecule has 0 aromatic heterocycles. The van der Waals surface area contributed by atoms with Crippen LogP contribution < -0.4 is 5.73 Å². The number of hydrogen-bond donors (Lipinski definition) is 2. The zero-order valence-corrected chi connectivity index (χ0v) is 13.0. The monoisotopic (exact) mass is 286 g/mol. The Morgan fingerprint density at radius 1 is 1.45 bits per heavy atom. The van der Waals surface area contributed by atoms with Crippen LogP contribution in [0.5, 0.6) is 0 Å². The number of unbranched alkanes of at least 4 members (excludes halogenated alkanes) is 1. The average molecular weight is 286 g/mol. The van der Waals surface area contributed by atoms with E-state index >= 15 is 0 Å². The molecule has 0 radical (unpaired) electrons. The fourth-order valence-electron chi connectivity index (χ4n) is 2.51. The summed E-state index contributed by atoms with van der Waals surface area (Å²) in [5.74, 6) is 0.429. The van der Waals surface area contributed by atoms with E-state index in [2.05, 4.69) is 6.92 Å². The summed E-state index contributed by atoms with van der Waals surface area (Å²) in [6, 6.07) is 0. The molecular formula is C15H30N2O3. The topological polar surface area (TPSA) is 75.8 Å². The predicted octanol–water partition coefficient (Wildman–Crippen LogP) is 2.33. The van der Waals surface area contributed by atoms with Crippen LogP contribution in [0.15, 0.2) is 0 Å². The Balaban J connectivity index is 2.50. The van der Waals surface area contributed by atoms with Gasteiger partial charge in [-0.3, -0.25) is 4.90 Å². The number of hydrogen-bond acceptors (Lipinski definition) is 4. The van der Waals surface area contributed by atoms with E-state index in [0.717, 1.165) is 32.1 Å². The van der Waals surface area contributed by atoms with Gasteiger partial charge in [0, 0.05) is 12.5 Å². The Kier molecular flexibility index (Phi) is 7.30. The number of aliphatic hydroxyl groups excluding tert-OH is 1. The molecule has 1 saturated heterocycles. The molecule has 3 atom stereocenters. The van der Waals surface area contributed by atoms with Gasteiger partial charge in [0.2, 0.25) is 0 Å². The summed E-state index contributed by atoms with van der Waals surface area (Å²) in [5, 5.41) is 10.2. The van der Waals surface area contributed by atoms with Crippen LogP contribution in [0.25, 0.3) is 0 Å². The quantitative estimate of drug-likeness (QED) is 0.785. The zero-order valence-electron chi connectivity index (χ0n) is 13.0. The molecule has 1 amide bonds. The zero-order chi connectivity index (χ0) is 15.1. The van der Waals surface area contributed by atoms with Crippen molar-refractivity contribution in [1.82, 2.24) is 4.90 Å². The molecule has 1 rings (SSSR count). The Morgan fingerprint density at radius 2 is 2.15 bits per heavy atom. The van der Waals surface area contributed by atoms with Gasteiger partial charge in [-0.05, 0) is 25.2 Å². The lowest BCUT2D eigenvalue weighted by atomic mass is 9.89. The Hall–Kier alpha value is -0.810. The molecule has 5 nitrogen and oxygen atoms in total. The molecule has 3 unspecified atom stereocenters. The summed E-state index contributed by atoms with van der Waals surface area (Å²) in [6.07, 6.45) is 3.51. The summed E-state index contributed by atoms with van der Waals surface area (Å²) in [5.41, 5.74) is 5.99. The predicted molar refractivity (Wildman–Crippen MR) is 79.1 cm³/mol. The summed E-state index contributed by atoms with van der Waals surface area (Å²) < 4.78 is 5.25. The Labute approximate surface area is 122 Å². The van der Waals surface area contributed by atoms with E-state index < -0.39 is 0 Å². The molecule has 5 heteroatoms. The van der Waals surface area contributed by atoms with E-state index in [4.69, 9.17) is 10.5 Å². The largest absolute Gasteiger partial charge is 0.449 e. The molecule has 0 saturated carbocycles. The standard InChI is InChI=1S/C15H30N2O3/c1-4-5-6-13(18)12-7-8-14(16)17(9-12)15(19)20-10-11(2)3/h11-14,18H,4-10,16H2,1-3H3. The van der Waals surface area contributed by atoms with Gasteiger partial charge in [0.05, 0.1) is 18.9 Å². The first kappa shape index (κ1) is 17.2. The van der Waals surface area contributed by atoms with E-state index in [9.17, 15) is 9.90 Å². The van der Waals surface area contributed by atoms with Gasteiger partial charge in [0.15, 0.2) is 0 Å². The van der Waals surface area contributed by atoms with Gasteiger partial charge in [0.25, 0.3) is 0 Å². The van der Waals surface area contributed by atoms with E-state index in [1.54, 1.807) is 4.90 Å². The van der Waals surface area contributed by atoms with Crippen molar-refractivity contribution in [3.05, 3.63) is 0 Å². The Morgan fingerprint density at radius 3 is 2.75 bits per heavy atom. The molecule has 0 bridgehead atoms. The number of nitrogens with two attached hydrogens (primary N) is 1. The lowest BCUT2D eigenvalue weighted by molar-refractivity contribution is 0.0131. The van der Waals surface area contributed by atoms with Crippen molar-refractivity contribution in [2.45, 2.75) is 65.1 Å². The van der Waals surface area contributed by atoms with Crippen molar-refractivity contribution < 1.29 is 14.6 Å². The highest BCUT2D eigenvalue weighted by molar-refractivity contribution is 5.68. The smallest absolute Gasteiger partial charge is 0.411 e. The molecule has 1 aliphatic rings. The van der Waals surface area contributed by atoms with E-state index in [1.807, 2.05) is 13.8 Å². The molecule has 0 aliphatic carbocycles. The van der Waals surface area contributed by atoms with Crippen molar-refractivity contribution in [2.24, 2.45) is 17.6 Å². The van der Waals surface area contributed by atoms with Gasteiger partial charge in [-0.25, -0.2) is 4.79 Å². The van der Waals surface area contributed by atoms with E-state index in [0.29, 0.717) is 19.1 Å². The Bertz CT molecular complexity index is 297. The first-order chi connectivity index (χ1) is 9.45. The highest BCUT2D eigenvalue weighted by atomic mass is 16.6. The van der Waals surface area contributed by atoms with Gasteiger partial charge >= 0.3 is 6.09 Å². The third kappa shape index (κ3) is 5.29. The molecule has 118 valence electrons. The van der Waals surface area contributed by atoms with Gasteiger partial charge < -0.3 is 15.6 Å². The second-order valence-electron chi connectivity index (χ2n) is 6.24. The SMILES string of the molecule is CCCCC(O)C1CCC(N)N(C(=O)OCC(C)C)C1. The molecule has 1 fully saturated rings. The van der Waals surface area contributed by atoms with E-state index in [1.165, 1.54) is 0 Å². The van der Waals surface area contributed by atoms with Crippen LogP contribution in [-0.4, -0.2) is 41.5 Å². The first-order valence-electron chi connectivity index (χ1n) is 7.82. The summed E-state index contributed by atoms with van der Waals surface area (Å²) in [7, 11) is 0. The number of carbonyl (C=O) groups is 1. The number of amides is 1. The molecule has 0 aromatic rings. The van der Waals surface area contributed by atoms with Gasteiger partial charge in [-0.1, -0.05) is 33.6 Å². The maximum atomic E-state index is 12.0. The van der Waals surface area contributed by atoms with Gasteiger partial charge in [0.1, 0.15) is 0 Å². The summed E-state index contributed by atoms with van der Waals surface area (Å²) >= 11 is 0. The number of piperidine rings is 1. The van der Waals surface area contributed by atoms with Crippen LogP contribution in [0.4, 0.5) is 4.79 Å². The highest BCUT2D eigenvalue weighted by Gasteiger charge is 2.33. The average Bonchev–Trinajstić information content (AvgIpc) is 2.42. The van der Waals surface area contributed by atoms with Crippen LogP contribution in [0.3, 0.4) is 0 Å². The molecule has 20 heavy (non-hydrogen) atoms. The number of carbonyl (C=O) groups excluding carboxylic acids is 1. The number of aliphatic hydroxyl groups is 1. The summed E-state index contributed by atoms with van der Waals surface area (Å²) in [4.78, 5) is 13.6. The van der Waals surface area contributed by atoms with Gasteiger partial charge in [-0.2, -0.15) is 0 Å². The minimum absolute atomic E-state index is 0.118. The molecule has 1 aliphatic heterocycles. The van der Waals surface area contributed by atoms with Crippen molar-refractivity contribution in [3.8, 4) is 0 Å². The van der Waals surface area contributed by atoms with Crippen molar-refractivity contribution >= 4 is 6.09 Å². The maximum Gasteiger partial charge on any atom is 0.411 e. The minimum atomic E-state index is -0.349. The van der Waals surface area contributed by atoms with Crippen molar-refractivity contribution in [3.63, 3.8) is 0 Å². The first-order valence-corrected chi connectivity index (χ1v) is 7.82. The number of nitrogens with zero attached hydrogens (tertiary/aromatic N) is 1. The molecule has 3 N–H and O–H groups in total.